The molecule has 1 aliphatic rings. The van der Waals surface area contributed by atoms with Crippen LogP contribution in [0.25, 0.3) is 6.08 Å². The molecule has 1 fully saturated rings. The highest BCUT2D eigenvalue weighted by molar-refractivity contribution is 8.26. The van der Waals surface area contributed by atoms with Gasteiger partial charge >= 0.3 is 11.9 Å². The molecule has 1 saturated heterocycles. The number of carbonyl (C=O) groups excluding carboxylic acids is 2. The van der Waals surface area contributed by atoms with Gasteiger partial charge < -0.3 is 9.84 Å². The van der Waals surface area contributed by atoms with Crippen LogP contribution in [0.4, 0.5) is 0 Å². The quantitative estimate of drug-likeness (QED) is 0.348. The lowest BCUT2D eigenvalue weighted by atomic mass is 10.1. The minimum absolute atomic E-state index is 0.195. The molecule has 8 heteroatoms. The van der Waals surface area contributed by atoms with E-state index in [4.69, 9.17) is 22.1 Å². The Morgan fingerprint density at radius 3 is 2.68 bits per heavy atom. The maximum atomic E-state index is 12.3. The van der Waals surface area contributed by atoms with E-state index in [0.29, 0.717) is 21.8 Å². The first kappa shape index (κ1) is 19.8. The number of amides is 1. The molecule has 3 rings (SSSR count). The van der Waals surface area contributed by atoms with Crippen molar-refractivity contribution in [2.45, 2.75) is 6.92 Å². The first-order valence-corrected chi connectivity index (χ1v) is 9.42. The summed E-state index contributed by atoms with van der Waals surface area (Å²) >= 11 is 6.11. The van der Waals surface area contributed by atoms with Crippen molar-refractivity contribution in [1.29, 1.82) is 0 Å². The lowest BCUT2D eigenvalue weighted by molar-refractivity contribution is -0.140. The van der Waals surface area contributed by atoms with Gasteiger partial charge in [-0.3, -0.25) is 14.5 Å². The number of nitrogens with zero attached hydrogens (tertiary/aromatic N) is 1. The predicted octanol–water partition coefficient (Wildman–Crippen LogP) is 3.50. The monoisotopic (exact) mass is 413 g/mol. The number of hydrogen-bond donors (Lipinski definition) is 1. The van der Waals surface area contributed by atoms with E-state index in [-0.39, 0.29) is 4.32 Å². The van der Waals surface area contributed by atoms with Crippen LogP contribution in [-0.4, -0.2) is 38.7 Å². The van der Waals surface area contributed by atoms with Crippen LogP contribution in [-0.2, 0) is 9.59 Å². The number of thiocarbonyl (C=S) groups is 1. The normalized spacial score (nSPS) is 15.2. The first-order valence-electron chi connectivity index (χ1n) is 8.19. The molecule has 0 saturated carbocycles. The molecular weight excluding hydrogens is 398 g/mol. The van der Waals surface area contributed by atoms with Crippen molar-refractivity contribution in [3.63, 3.8) is 0 Å². The molecule has 2 aromatic carbocycles. The van der Waals surface area contributed by atoms with E-state index in [1.54, 1.807) is 48.5 Å². The Bertz CT molecular complexity index is 1020. The van der Waals surface area contributed by atoms with Crippen molar-refractivity contribution in [2.24, 2.45) is 0 Å². The fraction of sp³-hybridized carbons (Fsp3) is 0.100. The SMILES string of the molecule is Cc1cccc(C(=O)Oc2cccc(/C=C3\SC(=S)N(CC(=O)O)C3=O)c2)c1. The molecule has 6 nitrogen and oxygen atoms in total. The lowest BCUT2D eigenvalue weighted by Gasteiger charge is -2.10. The summed E-state index contributed by atoms with van der Waals surface area (Å²) in [6, 6.07) is 13.8. The zero-order chi connectivity index (χ0) is 20.3. The number of carboxylic acids is 1. The molecule has 1 N–H and O–H groups in total. The smallest absolute Gasteiger partial charge is 0.343 e. The fourth-order valence-electron chi connectivity index (χ4n) is 2.53. The number of thioether (sulfide) groups is 1. The predicted molar refractivity (Wildman–Crippen MR) is 110 cm³/mol. The molecule has 0 aromatic heterocycles. The largest absolute Gasteiger partial charge is 0.480 e. The van der Waals surface area contributed by atoms with Crippen LogP contribution in [0, 0.1) is 6.92 Å². The second-order valence-electron chi connectivity index (χ2n) is 5.99. The molecule has 1 amide bonds. The Hall–Kier alpha value is -2.97. The third kappa shape index (κ3) is 4.65. The van der Waals surface area contributed by atoms with Crippen LogP contribution in [0.15, 0.2) is 53.4 Å². The summed E-state index contributed by atoms with van der Waals surface area (Å²) in [6.45, 7) is 1.41. The summed E-state index contributed by atoms with van der Waals surface area (Å²) in [4.78, 5) is 36.8. The van der Waals surface area contributed by atoms with Gasteiger partial charge in [-0.05, 0) is 42.8 Å². The molecule has 2 aromatic rings. The third-order valence-electron chi connectivity index (χ3n) is 3.79. The molecular formula is C20H15NO5S2. The number of aliphatic carboxylic acids is 1. The summed E-state index contributed by atoms with van der Waals surface area (Å²) < 4.78 is 5.60. The van der Waals surface area contributed by atoms with Crippen LogP contribution in [0.1, 0.15) is 21.5 Å². The topological polar surface area (TPSA) is 83.9 Å². The van der Waals surface area contributed by atoms with Gasteiger partial charge in [0.25, 0.3) is 5.91 Å². The number of esters is 1. The van der Waals surface area contributed by atoms with Gasteiger partial charge in [-0.25, -0.2) is 4.79 Å². The Balaban J connectivity index is 1.77. The summed E-state index contributed by atoms with van der Waals surface area (Å²) in [7, 11) is 0. The average Bonchev–Trinajstić information content (AvgIpc) is 2.89. The maximum Gasteiger partial charge on any atom is 0.343 e. The van der Waals surface area contributed by atoms with Crippen LogP contribution < -0.4 is 4.74 Å². The van der Waals surface area contributed by atoms with E-state index < -0.39 is 24.4 Å². The fourth-order valence-corrected chi connectivity index (χ4v) is 3.78. The number of hydrogen-bond acceptors (Lipinski definition) is 6. The van der Waals surface area contributed by atoms with Crippen LogP contribution in [0.2, 0.25) is 0 Å². The first-order chi connectivity index (χ1) is 13.3. The van der Waals surface area contributed by atoms with E-state index in [9.17, 15) is 14.4 Å². The molecule has 0 aliphatic carbocycles. The summed E-state index contributed by atoms with van der Waals surface area (Å²) in [5, 5.41) is 8.89. The highest BCUT2D eigenvalue weighted by Gasteiger charge is 2.33. The van der Waals surface area contributed by atoms with Gasteiger partial charge in [0.2, 0.25) is 0 Å². The minimum atomic E-state index is -1.14. The number of rotatable bonds is 5. The molecule has 1 heterocycles. The molecule has 28 heavy (non-hydrogen) atoms. The zero-order valence-electron chi connectivity index (χ0n) is 14.7. The highest BCUT2D eigenvalue weighted by atomic mass is 32.2. The Kier molecular flexibility index (Phi) is 5.91. The highest BCUT2D eigenvalue weighted by Crippen LogP contribution is 2.32. The van der Waals surface area contributed by atoms with E-state index in [2.05, 4.69) is 0 Å². The number of benzene rings is 2. The van der Waals surface area contributed by atoms with Crippen molar-refractivity contribution >= 4 is 52.2 Å². The van der Waals surface area contributed by atoms with E-state index in [0.717, 1.165) is 22.2 Å². The van der Waals surface area contributed by atoms with Crippen LogP contribution in [0.5, 0.6) is 5.75 Å². The van der Waals surface area contributed by atoms with Crippen LogP contribution >= 0.6 is 24.0 Å². The average molecular weight is 413 g/mol. The van der Waals surface area contributed by atoms with Gasteiger partial charge in [-0.15, -0.1) is 0 Å². The van der Waals surface area contributed by atoms with E-state index in [1.807, 2.05) is 13.0 Å². The molecule has 0 unspecified atom stereocenters. The number of aryl methyl sites for hydroxylation is 1. The van der Waals surface area contributed by atoms with Crippen molar-refractivity contribution in [3.8, 4) is 5.75 Å². The Morgan fingerprint density at radius 1 is 1.21 bits per heavy atom. The van der Waals surface area contributed by atoms with Crippen molar-refractivity contribution in [1.82, 2.24) is 4.90 Å². The minimum Gasteiger partial charge on any atom is -0.480 e. The third-order valence-corrected chi connectivity index (χ3v) is 5.16. The second kappa shape index (κ2) is 8.37. The molecule has 0 bridgehead atoms. The van der Waals surface area contributed by atoms with Gasteiger partial charge in [0.1, 0.15) is 16.6 Å². The summed E-state index contributed by atoms with van der Waals surface area (Å²) in [6.07, 6.45) is 1.59. The van der Waals surface area contributed by atoms with Gasteiger partial charge in [0, 0.05) is 0 Å². The van der Waals surface area contributed by atoms with E-state index >= 15 is 0 Å². The number of carboxylic acid groups (broad SMARTS) is 1. The van der Waals surface area contributed by atoms with Crippen molar-refractivity contribution < 1.29 is 24.2 Å². The summed E-state index contributed by atoms with van der Waals surface area (Å²) in [5.74, 6) is -1.74. The van der Waals surface area contributed by atoms with Crippen molar-refractivity contribution in [3.05, 3.63) is 70.1 Å². The van der Waals surface area contributed by atoms with Gasteiger partial charge in [-0.1, -0.05) is 53.8 Å². The van der Waals surface area contributed by atoms with Crippen LogP contribution in [0.3, 0.4) is 0 Å². The van der Waals surface area contributed by atoms with Gasteiger partial charge in [0.05, 0.1) is 10.5 Å². The maximum absolute atomic E-state index is 12.3. The van der Waals surface area contributed by atoms with Crippen molar-refractivity contribution in [2.75, 3.05) is 6.54 Å². The summed E-state index contributed by atoms with van der Waals surface area (Å²) in [5.41, 5.74) is 2.02. The molecule has 0 radical (unpaired) electrons. The van der Waals surface area contributed by atoms with Gasteiger partial charge in [-0.2, -0.15) is 0 Å². The lowest BCUT2D eigenvalue weighted by Crippen LogP contribution is -2.33. The van der Waals surface area contributed by atoms with Gasteiger partial charge in [0.15, 0.2) is 0 Å². The Morgan fingerprint density at radius 2 is 1.96 bits per heavy atom. The molecule has 0 spiro atoms. The standard InChI is InChI=1S/C20H15NO5S2/c1-12-4-2-6-14(8-12)19(25)26-15-7-3-5-13(9-15)10-16-18(24)21(11-17(22)23)20(27)28-16/h2-10H,11H2,1H3,(H,22,23)/b16-10-. The number of ether oxygens (including phenoxy) is 1. The molecule has 142 valence electrons. The number of carbonyl (C=O) groups is 3. The zero-order valence-corrected chi connectivity index (χ0v) is 16.4. The molecule has 1 aliphatic heterocycles. The Labute approximate surface area is 170 Å². The second-order valence-corrected chi connectivity index (χ2v) is 7.67. The van der Waals surface area contributed by atoms with E-state index in [1.165, 1.54) is 0 Å². The molecule has 0 atom stereocenters.